The Morgan fingerprint density at radius 1 is 1.12 bits per heavy atom. The second-order valence-electron chi connectivity index (χ2n) is 7.74. The van der Waals surface area contributed by atoms with Crippen LogP contribution in [0.25, 0.3) is 16.9 Å². The molecule has 0 radical (unpaired) electrons. The maximum absolute atomic E-state index is 13.8. The molecule has 6 nitrogen and oxygen atoms in total. The molecule has 2 aromatic carbocycles. The molecule has 1 heterocycles. The number of carbonyl (C=O) groups excluding carboxylic acids is 1. The average molecular weight is 463 g/mol. The molecule has 0 saturated heterocycles. The fourth-order valence-corrected chi connectivity index (χ4v) is 2.94. The number of aliphatic hydroxyl groups is 1. The number of alkyl halides is 3. The van der Waals surface area contributed by atoms with E-state index in [4.69, 9.17) is 0 Å². The van der Waals surface area contributed by atoms with Gasteiger partial charge in [-0.3, -0.25) is 9.59 Å². The van der Waals surface area contributed by atoms with Crippen molar-refractivity contribution in [2.24, 2.45) is 5.92 Å². The molecule has 10 heteroatoms. The van der Waals surface area contributed by atoms with Gasteiger partial charge >= 0.3 is 6.18 Å². The average Bonchev–Trinajstić information content (AvgIpc) is 2.76. The number of rotatable bonds is 6. The maximum Gasteiger partial charge on any atom is 0.416 e. The molecule has 33 heavy (non-hydrogen) atoms. The smallest absolute Gasteiger partial charge is 0.391 e. The predicted octanol–water partition coefficient (Wildman–Crippen LogP) is 3.80. The van der Waals surface area contributed by atoms with Gasteiger partial charge in [0.05, 0.1) is 23.0 Å². The molecular formula is C23H21F4N3O3. The summed E-state index contributed by atoms with van der Waals surface area (Å²) < 4.78 is 53.3. The number of aromatic nitrogens is 2. The van der Waals surface area contributed by atoms with Crippen LogP contribution in [0.15, 0.2) is 59.4 Å². The van der Waals surface area contributed by atoms with Crippen LogP contribution in [0.3, 0.4) is 0 Å². The third kappa shape index (κ3) is 5.64. The molecule has 3 rings (SSSR count). The van der Waals surface area contributed by atoms with E-state index in [1.807, 2.05) is 0 Å². The van der Waals surface area contributed by atoms with Gasteiger partial charge in [-0.05, 0) is 42.3 Å². The van der Waals surface area contributed by atoms with E-state index in [1.165, 1.54) is 12.1 Å². The molecular weight excluding hydrogens is 442 g/mol. The minimum atomic E-state index is -4.53. The number of hydrogen-bond acceptors (Lipinski definition) is 4. The van der Waals surface area contributed by atoms with Crippen molar-refractivity contribution in [2.75, 3.05) is 6.54 Å². The molecule has 0 bridgehead atoms. The molecule has 0 saturated carbocycles. The lowest BCUT2D eigenvalue weighted by Gasteiger charge is -2.16. The maximum atomic E-state index is 13.8. The highest BCUT2D eigenvalue weighted by atomic mass is 19.4. The molecule has 0 aliphatic carbocycles. The third-order valence-corrected chi connectivity index (χ3v) is 4.96. The molecule has 3 aromatic rings. The van der Waals surface area contributed by atoms with Crippen molar-refractivity contribution in [3.05, 3.63) is 81.9 Å². The number of aliphatic hydroxyl groups excluding tert-OH is 1. The van der Waals surface area contributed by atoms with Crippen LogP contribution < -0.4 is 10.9 Å². The van der Waals surface area contributed by atoms with E-state index < -0.39 is 35.1 Å². The molecule has 0 aliphatic heterocycles. The zero-order valence-electron chi connectivity index (χ0n) is 17.7. The Labute approximate surface area is 186 Å². The monoisotopic (exact) mass is 463 g/mol. The number of amides is 1. The summed E-state index contributed by atoms with van der Waals surface area (Å²) in [5.74, 6) is -1.60. The fourth-order valence-electron chi connectivity index (χ4n) is 2.94. The van der Waals surface area contributed by atoms with Gasteiger partial charge in [0.1, 0.15) is 11.4 Å². The summed E-state index contributed by atoms with van der Waals surface area (Å²) in [6.07, 6.45) is -5.38. The summed E-state index contributed by atoms with van der Waals surface area (Å²) in [6, 6.07) is 10.1. The number of halogens is 4. The zero-order chi connectivity index (χ0) is 24.3. The van der Waals surface area contributed by atoms with Crippen molar-refractivity contribution >= 4 is 5.91 Å². The van der Waals surface area contributed by atoms with Crippen molar-refractivity contribution in [1.82, 2.24) is 15.1 Å². The number of nitrogens with one attached hydrogen (secondary N) is 1. The van der Waals surface area contributed by atoms with E-state index in [2.05, 4.69) is 10.4 Å². The molecule has 174 valence electrons. The van der Waals surface area contributed by atoms with E-state index in [0.29, 0.717) is 0 Å². The summed E-state index contributed by atoms with van der Waals surface area (Å²) in [7, 11) is 0. The SMILES string of the molecule is CC(C)C(O)CNC(=O)c1cc(-c2ccc(C(F)(F)F)cc2)nn(-c2cccc(F)c2)c1=O. The topological polar surface area (TPSA) is 84.2 Å². The molecule has 1 aromatic heterocycles. The lowest BCUT2D eigenvalue weighted by Crippen LogP contribution is -2.38. The molecule has 1 amide bonds. The predicted molar refractivity (Wildman–Crippen MR) is 113 cm³/mol. The first-order valence-corrected chi connectivity index (χ1v) is 10.0. The second-order valence-corrected chi connectivity index (χ2v) is 7.74. The molecule has 0 spiro atoms. The fraction of sp³-hybridized carbons (Fsp3) is 0.261. The highest BCUT2D eigenvalue weighted by molar-refractivity contribution is 5.94. The van der Waals surface area contributed by atoms with Gasteiger partial charge in [-0.1, -0.05) is 32.0 Å². The van der Waals surface area contributed by atoms with Crippen LogP contribution in [-0.4, -0.2) is 33.4 Å². The Morgan fingerprint density at radius 3 is 2.36 bits per heavy atom. The third-order valence-electron chi connectivity index (χ3n) is 4.96. The van der Waals surface area contributed by atoms with E-state index in [1.54, 1.807) is 13.8 Å². The molecule has 1 atom stereocenters. The largest absolute Gasteiger partial charge is 0.416 e. The van der Waals surface area contributed by atoms with Crippen molar-refractivity contribution in [2.45, 2.75) is 26.1 Å². The van der Waals surface area contributed by atoms with Crippen LogP contribution in [0.4, 0.5) is 17.6 Å². The number of hydrogen-bond donors (Lipinski definition) is 2. The van der Waals surface area contributed by atoms with Gasteiger partial charge in [0.25, 0.3) is 11.5 Å². The Balaban J connectivity index is 2.10. The van der Waals surface area contributed by atoms with E-state index >= 15 is 0 Å². The van der Waals surface area contributed by atoms with Gasteiger partial charge < -0.3 is 10.4 Å². The quantitative estimate of drug-likeness (QED) is 0.545. The van der Waals surface area contributed by atoms with Crippen LogP contribution >= 0.6 is 0 Å². The lowest BCUT2D eigenvalue weighted by molar-refractivity contribution is -0.137. The first-order chi connectivity index (χ1) is 15.5. The summed E-state index contributed by atoms with van der Waals surface area (Å²) in [5, 5.41) is 16.5. The highest BCUT2D eigenvalue weighted by Crippen LogP contribution is 2.30. The number of carbonyl (C=O) groups is 1. The lowest BCUT2D eigenvalue weighted by atomic mass is 10.1. The molecule has 1 unspecified atom stereocenters. The first kappa shape index (κ1) is 24.1. The molecule has 0 aliphatic rings. The van der Waals surface area contributed by atoms with Crippen LogP contribution in [0.2, 0.25) is 0 Å². The van der Waals surface area contributed by atoms with Gasteiger partial charge in [-0.25, -0.2) is 4.39 Å². The minimum absolute atomic E-state index is 0.0298. The van der Waals surface area contributed by atoms with Gasteiger partial charge in [0, 0.05) is 12.1 Å². The first-order valence-electron chi connectivity index (χ1n) is 10.0. The van der Waals surface area contributed by atoms with E-state index in [9.17, 15) is 32.3 Å². The number of nitrogens with zero attached hydrogens (tertiary/aromatic N) is 2. The van der Waals surface area contributed by atoms with Gasteiger partial charge in [0.2, 0.25) is 0 Å². The minimum Gasteiger partial charge on any atom is -0.391 e. The molecule has 2 N–H and O–H groups in total. The summed E-state index contributed by atoms with van der Waals surface area (Å²) in [6.45, 7) is 3.39. The Bertz CT molecular complexity index is 1200. The van der Waals surface area contributed by atoms with Gasteiger partial charge in [0.15, 0.2) is 0 Å². The van der Waals surface area contributed by atoms with Crippen LogP contribution in [-0.2, 0) is 6.18 Å². The Kier molecular flexibility index (Phi) is 6.97. The Morgan fingerprint density at radius 2 is 1.79 bits per heavy atom. The summed E-state index contributed by atoms with van der Waals surface area (Å²) in [4.78, 5) is 25.7. The zero-order valence-corrected chi connectivity index (χ0v) is 17.7. The van der Waals surface area contributed by atoms with Crippen LogP contribution in [0, 0.1) is 11.7 Å². The number of benzene rings is 2. The highest BCUT2D eigenvalue weighted by Gasteiger charge is 2.30. The van der Waals surface area contributed by atoms with Crippen molar-refractivity contribution in [3.63, 3.8) is 0 Å². The standard InChI is InChI=1S/C23H21F4N3O3/c1-13(2)20(31)12-28-21(32)18-11-19(14-6-8-15(9-7-14)23(25,26)27)29-30(22(18)33)17-5-3-4-16(24)10-17/h3-11,13,20,31H,12H2,1-2H3,(H,28,32). The second kappa shape index (κ2) is 9.53. The van der Waals surface area contributed by atoms with Crippen molar-refractivity contribution in [3.8, 4) is 16.9 Å². The van der Waals surface area contributed by atoms with E-state index in [0.717, 1.165) is 47.1 Å². The van der Waals surface area contributed by atoms with Crippen molar-refractivity contribution in [1.29, 1.82) is 0 Å². The normalized spacial score (nSPS) is 12.6. The summed E-state index contributed by atoms with van der Waals surface area (Å²) >= 11 is 0. The van der Waals surface area contributed by atoms with Crippen LogP contribution in [0.1, 0.15) is 29.8 Å². The van der Waals surface area contributed by atoms with Crippen LogP contribution in [0.5, 0.6) is 0 Å². The van der Waals surface area contributed by atoms with Gasteiger partial charge in [-0.15, -0.1) is 0 Å². The van der Waals surface area contributed by atoms with E-state index in [-0.39, 0.29) is 35.0 Å². The van der Waals surface area contributed by atoms with Crippen molar-refractivity contribution < 1.29 is 27.5 Å². The summed E-state index contributed by atoms with van der Waals surface area (Å²) in [5.41, 5.74) is -1.81. The molecule has 0 fully saturated rings. The van der Waals surface area contributed by atoms with Gasteiger partial charge in [-0.2, -0.15) is 23.0 Å². The Hall–Kier alpha value is -3.53.